The fourth-order valence-corrected chi connectivity index (χ4v) is 2.44. The summed E-state index contributed by atoms with van der Waals surface area (Å²) >= 11 is 0. The summed E-state index contributed by atoms with van der Waals surface area (Å²) in [6.07, 6.45) is 3.72. The van der Waals surface area contributed by atoms with Crippen LogP contribution in [0.25, 0.3) is 0 Å². The molecule has 1 aliphatic rings. The van der Waals surface area contributed by atoms with E-state index in [0.717, 1.165) is 38.0 Å². The van der Waals surface area contributed by atoms with Gasteiger partial charge in [-0.3, -0.25) is 0 Å². The summed E-state index contributed by atoms with van der Waals surface area (Å²) in [5, 5.41) is 13.4. The van der Waals surface area contributed by atoms with E-state index < -0.39 is 0 Å². The SMILES string of the molecule is CC(C)(C)NCc1ccc(OC2CCCCC2O)cc1. The molecule has 2 N–H and O–H groups in total. The largest absolute Gasteiger partial charge is 0.488 e. The molecule has 1 saturated carbocycles. The molecular weight excluding hydrogens is 250 g/mol. The fourth-order valence-electron chi connectivity index (χ4n) is 2.44. The van der Waals surface area contributed by atoms with Gasteiger partial charge < -0.3 is 15.2 Å². The zero-order chi connectivity index (χ0) is 14.6. The zero-order valence-corrected chi connectivity index (χ0v) is 12.9. The van der Waals surface area contributed by atoms with Gasteiger partial charge in [-0.2, -0.15) is 0 Å². The van der Waals surface area contributed by atoms with Crippen LogP contribution in [0, 0.1) is 0 Å². The molecule has 2 rings (SSSR count). The minimum absolute atomic E-state index is 0.0395. The number of rotatable bonds is 4. The van der Waals surface area contributed by atoms with Crippen LogP contribution in [0.15, 0.2) is 24.3 Å². The maximum Gasteiger partial charge on any atom is 0.124 e. The van der Waals surface area contributed by atoms with E-state index in [-0.39, 0.29) is 17.7 Å². The van der Waals surface area contributed by atoms with Crippen molar-refractivity contribution in [1.29, 1.82) is 0 Å². The third kappa shape index (κ3) is 4.80. The van der Waals surface area contributed by atoms with Gasteiger partial charge in [0.1, 0.15) is 11.9 Å². The van der Waals surface area contributed by atoms with E-state index in [1.165, 1.54) is 5.56 Å². The van der Waals surface area contributed by atoms with Crippen LogP contribution >= 0.6 is 0 Å². The van der Waals surface area contributed by atoms with Crippen LogP contribution in [0.5, 0.6) is 5.75 Å². The fraction of sp³-hybridized carbons (Fsp3) is 0.647. The van der Waals surface area contributed by atoms with Crippen LogP contribution in [-0.2, 0) is 6.54 Å². The molecule has 1 aliphatic carbocycles. The third-order valence-electron chi connectivity index (χ3n) is 3.70. The summed E-state index contributed by atoms with van der Waals surface area (Å²) in [7, 11) is 0. The van der Waals surface area contributed by atoms with Gasteiger partial charge >= 0.3 is 0 Å². The van der Waals surface area contributed by atoms with E-state index in [0.29, 0.717) is 0 Å². The maximum absolute atomic E-state index is 9.92. The Labute approximate surface area is 122 Å². The van der Waals surface area contributed by atoms with Crippen LogP contribution in [-0.4, -0.2) is 22.9 Å². The summed E-state index contributed by atoms with van der Waals surface area (Å²) in [5.74, 6) is 0.857. The van der Waals surface area contributed by atoms with E-state index in [1.807, 2.05) is 12.1 Å². The monoisotopic (exact) mass is 277 g/mol. The van der Waals surface area contributed by atoms with Gasteiger partial charge in [0, 0.05) is 12.1 Å². The van der Waals surface area contributed by atoms with Gasteiger partial charge in [0.05, 0.1) is 6.10 Å². The molecule has 0 bridgehead atoms. The predicted molar refractivity (Wildman–Crippen MR) is 81.9 cm³/mol. The Bertz CT molecular complexity index is 408. The molecule has 1 fully saturated rings. The molecule has 0 heterocycles. The van der Waals surface area contributed by atoms with Crippen molar-refractivity contribution >= 4 is 0 Å². The molecule has 0 saturated heterocycles. The molecule has 3 nitrogen and oxygen atoms in total. The Kier molecular flexibility index (Phi) is 5.06. The summed E-state index contributed by atoms with van der Waals surface area (Å²) in [6, 6.07) is 8.18. The van der Waals surface area contributed by atoms with E-state index in [9.17, 15) is 5.11 Å². The summed E-state index contributed by atoms with van der Waals surface area (Å²) < 4.78 is 5.90. The first kappa shape index (κ1) is 15.3. The van der Waals surface area contributed by atoms with Crippen molar-refractivity contribution < 1.29 is 9.84 Å². The molecule has 1 aromatic rings. The van der Waals surface area contributed by atoms with Crippen molar-refractivity contribution in [2.75, 3.05) is 0 Å². The molecular formula is C17H27NO2. The minimum atomic E-state index is -0.314. The first-order valence-corrected chi connectivity index (χ1v) is 7.63. The number of aliphatic hydroxyl groups excluding tert-OH is 1. The van der Waals surface area contributed by atoms with Crippen LogP contribution < -0.4 is 10.1 Å². The number of nitrogens with one attached hydrogen (secondary N) is 1. The zero-order valence-electron chi connectivity index (χ0n) is 12.9. The first-order chi connectivity index (χ1) is 9.44. The highest BCUT2D eigenvalue weighted by molar-refractivity contribution is 5.27. The highest BCUT2D eigenvalue weighted by Gasteiger charge is 2.24. The molecule has 20 heavy (non-hydrogen) atoms. The second kappa shape index (κ2) is 6.59. The first-order valence-electron chi connectivity index (χ1n) is 7.63. The Morgan fingerprint density at radius 3 is 2.40 bits per heavy atom. The van der Waals surface area contributed by atoms with Crippen LogP contribution in [0.4, 0.5) is 0 Å². The summed E-state index contributed by atoms with van der Waals surface area (Å²) in [5.41, 5.74) is 1.37. The molecule has 0 radical (unpaired) electrons. The Morgan fingerprint density at radius 1 is 1.15 bits per heavy atom. The number of hydrogen-bond acceptors (Lipinski definition) is 3. The summed E-state index contributed by atoms with van der Waals surface area (Å²) in [6.45, 7) is 7.34. The van der Waals surface area contributed by atoms with Crippen molar-refractivity contribution in [3.63, 3.8) is 0 Å². The third-order valence-corrected chi connectivity index (χ3v) is 3.70. The van der Waals surface area contributed by atoms with Crippen molar-refractivity contribution in [2.24, 2.45) is 0 Å². The average Bonchev–Trinajstić information content (AvgIpc) is 2.40. The molecule has 2 atom stereocenters. The smallest absolute Gasteiger partial charge is 0.124 e. The average molecular weight is 277 g/mol. The lowest BCUT2D eigenvalue weighted by Gasteiger charge is -2.28. The van der Waals surface area contributed by atoms with Gasteiger partial charge in [0.25, 0.3) is 0 Å². The van der Waals surface area contributed by atoms with Crippen LogP contribution in [0.3, 0.4) is 0 Å². The van der Waals surface area contributed by atoms with E-state index in [2.05, 4.69) is 38.2 Å². The highest BCUT2D eigenvalue weighted by atomic mass is 16.5. The highest BCUT2D eigenvalue weighted by Crippen LogP contribution is 2.24. The second-order valence-electron chi connectivity index (χ2n) is 6.76. The molecule has 3 heteroatoms. The normalized spacial score (nSPS) is 23.6. The lowest BCUT2D eigenvalue weighted by atomic mass is 9.95. The maximum atomic E-state index is 9.92. The Balaban J connectivity index is 1.88. The Hall–Kier alpha value is -1.06. The van der Waals surface area contributed by atoms with E-state index >= 15 is 0 Å². The molecule has 1 aromatic carbocycles. The van der Waals surface area contributed by atoms with Crippen LogP contribution in [0.2, 0.25) is 0 Å². The van der Waals surface area contributed by atoms with Gasteiger partial charge in [-0.05, 0) is 57.7 Å². The molecule has 112 valence electrons. The predicted octanol–water partition coefficient (Wildman–Crippen LogP) is 3.26. The number of benzene rings is 1. The van der Waals surface area contributed by atoms with Gasteiger partial charge in [0.2, 0.25) is 0 Å². The number of hydrogen-bond donors (Lipinski definition) is 2. The van der Waals surface area contributed by atoms with Gasteiger partial charge in [-0.1, -0.05) is 18.6 Å². The lowest BCUT2D eigenvalue weighted by Crippen LogP contribution is -2.35. The second-order valence-corrected chi connectivity index (χ2v) is 6.76. The van der Waals surface area contributed by atoms with Crippen molar-refractivity contribution in [1.82, 2.24) is 5.32 Å². The number of ether oxygens (including phenoxy) is 1. The standard InChI is InChI=1S/C17H27NO2/c1-17(2,3)18-12-13-8-10-14(11-9-13)20-16-7-5-4-6-15(16)19/h8-11,15-16,18-19H,4-7,12H2,1-3H3. The molecule has 0 aliphatic heterocycles. The van der Waals surface area contributed by atoms with Crippen molar-refractivity contribution in [3.05, 3.63) is 29.8 Å². The van der Waals surface area contributed by atoms with Gasteiger partial charge in [0.15, 0.2) is 0 Å². The van der Waals surface area contributed by atoms with Crippen molar-refractivity contribution in [2.45, 2.75) is 70.7 Å². The molecule has 0 amide bonds. The van der Waals surface area contributed by atoms with Crippen molar-refractivity contribution in [3.8, 4) is 5.75 Å². The lowest BCUT2D eigenvalue weighted by molar-refractivity contribution is 0.00687. The summed E-state index contributed by atoms with van der Waals surface area (Å²) in [4.78, 5) is 0. The number of aliphatic hydroxyl groups is 1. The minimum Gasteiger partial charge on any atom is -0.488 e. The van der Waals surface area contributed by atoms with Gasteiger partial charge in [-0.25, -0.2) is 0 Å². The van der Waals surface area contributed by atoms with Crippen LogP contribution in [0.1, 0.15) is 52.0 Å². The molecule has 0 aromatic heterocycles. The molecule has 0 spiro atoms. The van der Waals surface area contributed by atoms with E-state index in [4.69, 9.17) is 4.74 Å². The Morgan fingerprint density at radius 2 is 1.80 bits per heavy atom. The quantitative estimate of drug-likeness (QED) is 0.887. The topological polar surface area (TPSA) is 41.5 Å². The van der Waals surface area contributed by atoms with Gasteiger partial charge in [-0.15, -0.1) is 0 Å². The van der Waals surface area contributed by atoms with E-state index in [1.54, 1.807) is 0 Å². The molecule has 2 unspecified atom stereocenters.